The molecule has 2 rings (SSSR count). The van der Waals surface area contributed by atoms with Gasteiger partial charge < -0.3 is 15.5 Å². The summed E-state index contributed by atoms with van der Waals surface area (Å²) >= 11 is 0. The molecular formula is C11H18N4O2. The summed E-state index contributed by atoms with van der Waals surface area (Å²) < 4.78 is 0. The molecule has 94 valence electrons. The summed E-state index contributed by atoms with van der Waals surface area (Å²) in [6.07, 6.45) is 3.57. The summed E-state index contributed by atoms with van der Waals surface area (Å²) in [6, 6.07) is -0.726. The first-order chi connectivity index (χ1) is 8.09. The molecular weight excluding hydrogens is 220 g/mol. The van der Waals surface area contributed by atoms with Gasteiger partial charge in [-0.1, -0.05) is 0 Å². The largest absolute Gasteiger partial charge is 0.385 e. The highest BCUT2D eigenvalue weighted by atomic mass is 16.2. The summed E-state index contributed by atoms with van der Waals surface area (Å²) in [5.41, 5.74) is 5.65. The van der Waals surface area contributed by atoms with Crippen LogP contribution in [0.15, 0.2) is 4.99 Å². The van der Waals surface area contributed by atoms with Crippen molar-refractivity contribution in [3.63, 3.8) is 0 Å². The van der Waals surface area contributed by atoms with E-state index in [1.54, 1.807) is 7.05 Å². The van der Waals surface area contributed by atoms with Gasteiger partial charge >= 0.3 is 6.03 Å². The second-order valence-electron chi connectivity index (χ2n) is 4.59. The number of hydrogen-bond donors (Lipinski definition) is 1. The Morgan fingerprint density at radius 1 is 1.41 bits per heavy atom. The van der Waals surface area contributed by atoms with Crippen molar-refractivity contribution in [2.45, 2.75) is 31.7 Å². The molecule has 2 N–H and O–H groups in total. The molecule has 3 amide bonds. The normalized spacial score (nSPS) is 25.1. The van der Waals surface area contributed by atoms with E-state index in [4.69, 9.17) is 5.73 Å². The predicted molar refractivity (Wildman–Crippen MR) is 63.6 cm³/mol. The first-order valence-corrected chi connectivity index (χ1v) is 5.98. The molecule has 0 bridgehead atoms. The average molecular weight is 238 g/mol. The van der Waals surface area contributed by atoms with Crippen LogP contribution in [-0.2, 0) is 4.79 Å². The summed E-state index contributed by atoms with van der Waals surface area (Å²) in [7, 11) is 1.62. The number of rotatable bonds is 2. The maximum atomic E-state index is 12.0. The third-order valence-corrected chi connectivity index (χ3v) is 3.41. The lowest BCUT2D eigenvalue weighted by Crippen LogP contribution is -2.44. The Bertz CT molecular complexity index is 360. The number of likely N-dealkylation sites (N-methyl/N-ethyl adjacent to an activating group) is 1. The van der Waals surface area contributed by atoms with E-state index in [9.17, 15) is 9.59 Å². The highest BCUT2D eigenvalue weighted by Crippen LogP contribution is 2.16. The standard InChI is InChI=1S/C11H18N4O2/c1-14-8(10(12)13-11(14)17)7-9(16)15-5-3-2-4-6-15/h8H,2-7H2,1H3,(H2,12,13,17). The lowest BCUT2D eigenvalue weighted by atomic mass is 10.1. The maximum absolute atomic E-state index is 12.0. The number of amidine groups is 1. The molecule has 2 aliphatic rings. The second-order valence-corrected chi connectivity index (χ2v) is 4.59. The van der Waals surface area contributed by atoms with Gasteiger partial charge in [0, 0.05) is 20.1 Å². The van der Waals surface area contributed by atoms with Crippen LogP contribution in [0.5, 0.6) is 0 Å². The van der Waals surface area contributed by atoms with Gasteiger partial charge in [0.25, 0.3) is 0 Å². The number of nitrogens with zero attached hydrogens (tertiary/aromatic N) is 3. The number of nitrogens with two attached hydrogens (primary N) is 1. The molecule has 2 heterocycles. The quantitative estimate of drug-likeness (QED) is 0.745. The first kappa shape index (κ1) is 11.9. The van der Waals surface area contributed by atoms with Crippen molar-refractivity contribution in [3.8, 4) is 0 Å². The maximum Gasteiger partial charge on any atom is 0.345 e. The van der Waals surface area contributed by atoms with Gasteiger partial charge in [-0.25, -0.2) is 4.79 Å². The number of aliphatic imine (C=N–C) groups is 1. The van der Waals surface area contributed by atoms with E-state index in [1.807, 2.05) is 4.90 Å². The summed E-state index contributed by atoms with van der Waals surface area (Å²) in [5.74, 6) is 0.317. The topological polar surface area (TPSA) is 79.0 Å². The molecule has 1 atom stereocenters. The number of likely N-dealkylation sites (tertiary alicyclic amines) is 1. The van der Waals surface area contributed by atoms with Crippen LogP contribution in [0.1, 0.15) is 25.7 Å². The van der Waals surface area contributed by atoms with Crippen molar-refractivity contribution in [2.24, 2.45) is 10.7 Å². The van der Waals surface area contributed by atoms with E-state index in [1.165, 1.54) is 11.3 Å². The molecule has 17 heavy (non-hydrogen) atoms. The third kappa shape index (κ3) is 2.40. The van der Waals surface area contributed by atoms with Gasteiger partial charge in [0.05, 0.1) is 12.5 Å². The van der Waals surface area contributed by atoms with Crippen molar-refractivity contribution in [3.05, 3.63) is 0 Å². The zero-order valence-electron chi connectivity index (χ0n) is 10.1. The van der Waals surface area contributed by atoms with E-state index in [0.717, 1.165) is 25.9 Å². The van der Waals surface area contributed by atoms with Crippen LogP contribution < -0.4 is 5.73 Å². The van der Waals surface area contributed by atoms with E-state index < -0.39 is 0 Å². The fraction of sp³-hybridized carbons (Fsp3) is 0.727. The zero-order valence-corrected chi connectivity index (χ0v) is 10.1. The minimum absolute atomic E-state index is 0.0643. The van der Waals surface area contributed by atoms with Crippen LogP contribution >= 0.6 is 0 Å². The lowest BCUT2D eigenvalue weighted by Gasteiger charge is -2.29. The molecule has 2 aliphatic heterocycles. The van der Waals surface area contributed by atoms with E-state index in [2.05, 4.69) is 4.99 Å². The Hall–Kier alpha value is -1.59. The van der Waals surface area contributed by atoms with Crippen LogP contribution in [-0.4, -0.2) is 53.8 Å². The van der Waals surface area contributed by atoms with Crippen molar-refractivity contribution >= 4 is 17.8 Å². The molecule has 0 aliphatic carbocycles. The summed E-state index contributed by atoms with van der Waals surface area (Å²) in [6.45, 7) is 1.64. The SMILES string of the molecule is CN1C(=O)N=C(N)C1CC(=O)N1CCCCC1. The molecule has 1 saturated heterocycles. The summed E-state index contributed by atoms with van der Waals surface area (Å²) in [5, 5.41) is 0. The molecule has 0 spiro atoms. The van der Waals surface area contributed by atoms with Crippen LogP contribution in [0.2, 0.25) is 0 Å². The minimum atomic E-state index is -0.364. The monoisotopic (exact) mass is 238 g/mol. The van der Waals surface area contributed by atoms with Gasteiger partial charge in [0.1, 0.15) is 5.84 Å². The van der Waals surface area contributed by atoms with Crippen LogP contribution in [0, 0.1) is 0 Å². The Morgan fingerprint density at radius 2 is 2.06 bits per heavy atom. The minimum Gasteiger partial charge on any atom is -0.385 e. The second kappa shape index (κ2) is 4.73. The van der Waals surface area contributed by atoms with E-state index in [0.29, 0.717) is 0 Å². The number of carbonyl (C=O) groups excluding carboxylic acids is 2. The number of piperidine rings is 1. The van der Waals surface area contributed by atoms with Gasteiger partial charge in [-0.2, -0.15) is 4.99 Å². The van der Waals surface area contributed by atoms with Crippen molar-refractivity contribution < 1.29 is 9.59 Å². The van der Waals surface area contributed by atoms with Gasteiger partial charge in [-0.15, -0.1) is 0 Å². The lowest BCUT2D eigenvalue weighted by molar-refractivity contribution is -0.132. The van der Waals surface area contributed by atoms with Gasteiger partial charge in [0.15, 0.2) is 0 Å². The molecule has 0 radical (unpaired) electrons. The van der Waals surface area contributed by atoms with Gasteiger partial charge in [-0.3, -0.25) is 4.79 Å². The fourth-order valence-corrected chi connectivity index (χ4v) is 2.27. The molecule has 0 aromatic carbocycles. The molecule has 0 aromatic rings. The molecule has 6 nitrogen and oxygen atoms in total. The highest BCUT2D eigenvalue weighted by Gasteiger charge is 2.33. The fourth-order valence-electron chi connectivity index (χ4n) is 2.27. The van der Waals surface area contributed by atoms with Gasteiger partial charge in [-0.05, 0) is 19.3 Å². The smallest absolute Gasteiger partial charge is 0.345 e. The van der Waals surface area contributed by atoms with Gasteiger partial charge in [0.2, 0.25) is 5.91 Å². The molecule has 6 heteroatoms. The van der Waals surface area contributed by atoms with E-state index >= 15 is 0 Å². The number of urea groups is 1. The van der Waals surface area contributed by atoms with Crippen molar-refractivity contribution in [2.75, 3.05) is 20.1 Å². The van der Waals surface area contributed by atoms with Crippen LogP contribution in [0.3, 0.4) is 0 Å². The third-order valence-electron chi connectivity index (χ3n) is 3.41. The Morgan fingerprint density at radius 3 is 2.59 bits per heavy atom. The zero-order chi connectivity index (χ0) is 12.4. The first-order valence-electron chi connectivity index (χ1n) is 5.98. The molecule has 1 unspecified atom stereocenters. The van der Waals surface area contributed by atoms with E-state index in [-0.39, 0.29) is 30.2 Å². The Kier molecular flexibility index (Phi) is 3.31. The molecule has 1 fully saturated rings. The van der Waals surface area contributed by atoms with Crippen LogP contribution in [0.25, 0.3) is 0 Å². The number of amides is 3. The number of carbonyl (C=O) groups is 2. The van der Waals surface area contributed by atoms with Crippen molar-refractivity contribution in [1.82, 2.24) is 9.80 Å². The number of hydrogen-bond acceptors (Lipinski definition) is 3. The van der Waals surface area contributed by atoms with Crippen molar-refractivity contribution in [1.29, 1.82) is 0 Å². The van der Waals surface area contributed by atoms with Crippen LogP contribution in [0.4, 0.5) is 4.79 Å². The predicted octanol–water partition coefficient (Wildman–Crippen LogP) is 0.180. The Balaban J connectivity index is 1.94. The Labute approximate surface area is 100 Å². The molecule has 0 saturated carbocycles. The highest BCUT2D eigenvalue weighted by molar-refractivity contribution is 6.04. The summed E-state index contributed by atoms with van der Waals surface area (Å²) in [4.78, 5) is 30.3. The molecule has 0 aromatic heterocycles. The average Bonchev–Trinajstić information content (AvgIpc) is 2.57.